The summed E-state index contributed by atoms with van der Waals surface area (Å²) in [4.78, 5) is 71.8. The number of hydrogen-bond donors (Lipinski definition) is 2. The summed E-state index contributed by atoms with van der Waals surface area (Å²) in [6.45, 7) is 1.43. The first-order valence-corrected chi connectivity index (χ1v) is 17.6. The van der Waals surface area contributed by atoms with Crippen LogP contribution in [0.25, 0.3) is 0 Å². The van der Waals surface area contributed by atoms with E-state index in [1.54, 1.807) is 54.6 Å². The molecule has 0 aromatic heterocycles. The second-order valence-corrected chi connectivity index (χ2v) is 14.4. The minimum Gasteiger partial charge on any atom is -0.508 e. The number of benzene rings is 4. The van der Waals surface area contributed by atoms with E-state index in [-0.39, 0.29) is 36.0 Å². The molecule has 0 spiro atoms. The van der Waals surface area contributed by atoms with Crippen molar-refractivity contribution in [3.63, 3.8) is 0 Å². The molecule has 53 heavy (non-hydrogen) atoms. The number of rotatable bonds is 7. The first-order chi connectivity index (χ1) is 25.4. The maximum Gasteiger partial charge on any atom is 0.260 e. The molecule has 12 heteroatoms. The number of ether oxygens (including phenoxy) is 1. The van der Waals surface area contributed by atoms with E-state index in [9.17, 15) is 28.7 Å². The number of fused-ring (bicyclic) bond motifs is 4. The largest absolute Gasteiger partial charge is 0.508 e. The van der Waals surface area contributed by atoms with Crippen LogP contribution in [0.3, 0.4) is 0 Å². The lowest BCUT2D eigenvalue weighted by molar-refractivity contribution is -0.138. The van der Waals surface area contributed by atoms with E-state index >= 15 is 4.79 Å². The van der Waals surface area contributed by atoms with Crippen molar-refractivity contribution in [2.75, 3.05) is 17.4 Å². The van der Waals surface area contributed by atoms with E-state index in [1.807, 2.05) is 6.08 Å². The van der Waals surface area contributed by atoms with Crippen LogP contribution in [0.1, 0.15) is 47.2 Å². The van der Waals surface area contributed by atoms with Crippen LogP contribution >= 0.6 is 11.6 Å². The number of halogens is 2. The van der Waals surface area contributed by atoms with Crippen LogP contribution in [-0.2, 0) is 24.6 Å². The van der Waals surface area contributed by atoms with Gasteiger partial charge in [-0.25, -0.2) is 4.39 Å². The standard InChI is InChI=1S/C41H33ClFN3O7/c1-21(47)22-3-13-27(14-4-22)45-37(49)31-18-17-29-32(35(31)39(45)51)20-33-38(50)46(44-26-11-9-25(43)10-12-26)40(52)41(33,23-5-7-24(42)8-6-23)36(29)30-16-15-28(48)19-34(30)53-2/h3-17,19,31-33,35-36,44,48H,18,20H2,1-2H3. The number of phenols is 1. The van der Waals surface area contributed by atoms with Gasteiger partial charge < -0.3 is 9.84 Å². The number of hydrazine groups is 1. The minimum atomic E-state index is -1.61. The molecular weight excluding hydrogens is 701 g/mol. The highest BCUT2D eigenvalue weighted by molar-refractivity contribution is 6.30. The molecule has 3 fully saturated rings. The molecular formula is C41H33ClFN3O7. The van der Waals surface area contributed by atoms with Gasteiger partial charge in [0, 0.05) is 28.1 Å². The Balaban J connectivity index is 1.32. The van der Waals surface area contributed by atoms with Crippen LogP contribution in [0.4, 0.5) is 15.8 Å². The van der Waals surface area contributed by atoms with Gasteiger partial charge in [-0.3, -0.25) is 34.3 Å². The number of carbonyl (C=O) groups is 5. The zero-order valence-electron chi connectivity index (χ0n) is 28.6. The van der Waals surface area contributed by atoms with E-state index in [0.717, 1.165) is 9.91 Å². The fraction of sp³-hybridized carbons (Fsp3) is 0.244. The predicted molar refractivity (Wildman–Crippen MR) is 193 cm³/mol. The van der Waals surface area contributed by atoms with Crippen molar-refractivity contribution in [1.82, 2.24) is 5.01 Å². The van der Waals surface area contributed by atoms with E-state index in [2.05, 4.69) is 5.43 Å². The summed E-state index contributed by atoms with van der Waals surface area (Å²) in [5.74, 6) is -6.62. The molecule has 8 rings (SSSR count). The zero-order valence-corrected chi connectivity index (χ0v) is 29.3. The van der Waals surface area contributed by atoms with Gasteiger partial charge in [0.05, 0.1) is 41.7 Å². The van der Waals surface area contributed by atoms with Gasteiger partial charge >= 0.3 is 0 Å². The molecule has 4 aliphatic rings. The fourth-order valence-electron chi connectivity index (χ4n) is 9.04. The molecule has 2 aliphatic heterocycles. The summed E-state index contributed by atoms with van der Waals surface area (Å²) in [5.41, 5.74) is 4.08. The van der Waals surface area contributed by atoms with E-state index in [1.165, 1.54) is 50.4 Å². The molecule has 268 valence electrons. The van der Waals surface area contributed by atoms with Crippen LogP contribution in [0, 0.1) is 29.5 Å². The van der Waals surface area contributed by atoms with Gasteiger partial charge in [0.25, 0.3) is 11.8 Å². The number of carbonyl (C=O) groups excluding carboxylic acids is 5. The maximum atomic E-state index is 15.3. The van der Waals surface area contributed by atoms with Crippen LogP contribution in [0.15, 0.2) is 103 Å². The van der Waals surface area contributed by atoms with Crippen LogP contribution in [0.2, 0.25) is 5.02 Å². The van der Waals surface area contributed by atoms with Crippen molar-refractivity contribution in [3.8, 4) is 11.5 Å². The molecule has 10 nitrogen and oxygen atoms in total. The van der Waals surface area contributed by atoms with Crippen molar-refractivity contribution >= 4 is 52.4 Å². The van der Waals surface area contributed by atoms with Crippen LogP contribution in [-0.4, -0.2) is 46.6 Å². The van der Waals surface area contributed by atoms with Gasteiger partial charge in [-0.2, -0.15) is 5.01 Å². The number of allylic oxidation sites excluding steroid dienone is 2. The summed E-state index contributed by atoms with van der Waals surface area (Å²) in [6.07, 6.45) is 2.16. The smallest absolute Gasteiger partial charge is 0.260 e. The lowest BCUT2D eigenvalue weighted by atomic mass is 9.49. The minimum absolute atomic E-state index is 0.0504. The highest BCUT2D eigenvalue weighted by atomic mass is 35.5. The Morgan fingerprint density at radius 2 is 1.60 bits per heavy atom. The second kappa shape index (κ2) is 12.7. The molecule has 4 aromatic rings. The molecule has 4 aromatic carbocycles. The number of amides is 4. The average molecular weight is 734 g/mol. The third-order valence-corrected chi connectivity index (χ3v) is 11.6. The quantitative estimate of drug-likeness (QED) is 0.124. The molecule has 0 bridgehead atoms. The third kappa shape index (κ3) is 5.16. The van der Waals surface area contributed by atoms with E-state index < -0.39 is 58.5 Å². The molecule has 4 amide bonds. The first kappa shape index (κ1) is 34.3. The number of hydrogen-bond acceptors (Lipinski definition) is 8. The Morgan fingerprint density at radius 1 is 0.906 bits per heavy atom. The number of anilines is 2. The SMILES string of the molecule is COc1cc(O)ccc1C1C2=CCC3C(=O)N(c4ccc(C(C)=O)cc4)C(=O)C3C2CC2C(=O)N(Nc3ccc(F)cc3)C(=O)C21c1ccc(Cl)cc1. The summed E-state index contributed by atoms with van der Waals surface area (Å²) in [5, 5.41) is 11.9. The van der Waals surface area contributed by atoms with Crippen molar-refractivity contribution in [2.24, 2.45) is 23.7 Å². The summed E-state index contributed by atoms with van der Waals surface area (Å²) in [7, 11) is 1.44. The Bertz CT molecular complexity index is 2240. The van der Waals surface area contributed by atoms with Gasteiger partial charge in [-0.15, -0.1) is 0 Å². The number of aromatic hydroxyl groups is 1. The summed E-state index contributed by atoms with van der Waals surface area (Å²) >= 11 is 6.36. The Labute approximate surface area is 308 Å². The molecule has 2 heterocycles. The number of imide groups is 2. The number of Topliss-reactive ketones (excluding diaryl/α,β-unsaturated/α-hetero) is 1. The van der Waals surface area contributed by atoms with Gasteiger partial charge in [0.15, 0.2) is 5.78 Å². The molecule has 1 saturated carbocycles. The van der Waals surface area contributed by atoms with Crippen LogP contribution in [0.5, 0.6) is 11.5 Å². The van der Waals surface area contributed by atoms with Gasteiger partial charge in [-0.05, 0) is 98.0 Å². The van der Waals surface area contributed by atoms with E-state index in [4.69, 9.17) is 16.3 Å². The lowest BCUT2D eigenvalue weighted by Crippen LogP contribution is -2.53. The van der Waals surface area contributed by atoms with Crippen molar-refractivity contribution in [2.45, 2.75) is 31.1 Å². The normalized spacial score (nSPS) is 26.2. The van der Waals surface area contributed by atoms with Crippen molar-refractivity contribution < 1.29 is 38.2 Å². The van der Waals surface area contributed by atoms with Crippen LogP contribution < -0.4 is 15.1 Å². The molecule has 6 atom stereocenters. The number of methoxy groups -OCH3 is 1. The molecule has 6 unspecified atom stereocenters. The number of nitrogens with zero attached hydrogens (tertiary/aromatic N) is 2. The van der Waals surface area contributed by atoms with Gasteiger partial charge in [0.2, 0.25) is 11.8 Å². The molecule has 2 aliphatic carbocycles. The highest BCUT2D eigenvalue weighted by Gasteiger charge is 2.70. The van der Waals surface area contributed by atoms with Crippen molar-refractivity contribution in [3.05, 3.63) is 130 Å². The summed E-state index contributed by atoms with van der Waals surface area (Å²) in [6, 6.07) is 22.8. The van der Waals surface area contributed by atoms with Gasteiger partial charge in [0.1, 0.15) is 17.3 Å². The Kier molecular flexibility index (Phi) is 8.21. The highest BCUT2D eigenvalue weighted by Crippen LogP contribution is 2.65. The monoisotopic (exact) mass is 733 g/mol. The number of phenolic OH excluding ortho intramolecular Hbond substituents is 1. The van der Waals surface area contributed by atoms with Crippen molar-refractivity contribution in [1.29, 1.82) is 0 Å². The second-order valence-electron chi connectivity index (χ2n) is 13.9. The predicted octanol–water partition coefficient (Wildman–Crippen LogP) is 6.59. The topological polar surface area (TPSA) is 133 Å². The average Bonchev–Trinajstić information content (AvgIpc) is 3.53. The molecule has 2 N–H and O–H groups in total. The molecule has 2 saturated heterocycles. The number of ketones is 1. The fourth-order valence-corrected chi connectivity index (χ4v) is 9.16. The first-order valence-electron chi connectivity index (χ1n) is 17.2. The third-order valence-electron chi connectivity index (χ3n) is 11.3. The summed E-state index contributed by atoms with van der Waals surface area (Å²) < 4.78 is 19.7. The Morgan fingerprint density at radius 3 is 2.26 bits per heavy atom. The lowest BCUT2D eigenvalue weighted by Gasteiger charge is -2.50. The van der Waals surface area contributed by atoms with Gasteiger partial charge in [-0.1, -0.05) is 41.4 Å². The zero-order chi connectivity index (χ0) is 37.3. The Hall–Kier alpha value is -5.81. The molecule has 0 radical (unpaired) electrons. The number of nitrogens with one attached hydrogen (secondary N) is 1. The van der Waals surface area contributed by atoms with E-state index in [0.29, 0.717) is 38.7 Å². The maximum absolute atomic E-state index is 15.3.